The highest BCUT2D eigenvalue weighted by molar-refractivity contribution is 5.74. The van der Waals surface area contributed by atoms with Crippen molar-refractivity contribution in [2.75, 3.05) is 0 Å². The van der Waals surface area contributed by atoms with E-state index in [1.807, 2.05) is 18.2 Å². The Morgan fingerprint density at radius 1 is 1.27 bits per heavy atom. The van der Waals surface area contributed by atoms with Gasteiger partial charge in [-0.05, 0) is 12.1 Å². The third kappa shape index (κ3) is 0.902. The fraction of sp³-hybridized carbons (Fsp3) is 0. The van der Waals surface area contributed by atoms with Gasteiger partial charge in [-0.15, -0.1) is 0 Å². The maximum Gasteiger partial charge on any atom is 0.289 e. The van der Waals surface area contributed by atoms with Gasteiger partial charge in [0.25, 0.3) is 6.33 Å². The molecule has 11 heavy (non-hydrogen) atoms. The summed E-state index contributed by atoms with van der Waals surface area (Å²) in [6.07, 6.45) is 2.92. The number of benzene rings is 1. The summed E-state index contributed by atoms with van der Waals surface area (Å²) < 4.78 is 0.759. The zero-order valence-electron chi connectivity index (χ0n) is 5.77. The molecule has 0 N–H and O–H groups in total. The molecule has 54 valence electrons. The third-order valence-electron chi connectivity index (χ3n) is 1.56. The average molecular weight is 146 g/mol. The Morgan fingerprint density at radius 3 is 2.91 bits per heavy atom. The molecular formula is C8H6N2O. The minimum atomic E-state index is 0.655. The summed E-state index contributed by atoms with van der Waals surface area (Å²) in [5, 5.41) is 11.9. The highest BCUT2D eigenvalue weighted by Gasteiger charge is 1.97. The van der Waals surface area contributed by atoms with Crippen LogP contribution in [0.25, 0.3) is 10.9 Å². The first-order valence-electron chi connectivity index (χ1n) is 3.30. The lowest BCUT2D eigenvalue weighted by Gasteiger charge is -2.01. The average Bonchev–Trinajstić information content (AvgIpc) is 2.06. The van der Waals surface area contributed by atoms with Gasteiger partial charge in [0.2, 0.25) is 0 Å². The first-order valence-corrected chi connectivity index (χ1v) is 3.30. The van der Waals surface area contributed by atoms with E-state index in [-0.39, 0.29) is 0 Å². The Morgan fingerprint density at radius 2 is 2.09 bits per heavy atom. The molecule has 1 aromatic carbocycles. The molecule has 2 aromatic rings. The van der Waals surface area contributed by atoms with Gasteiger partial charge in [0.1, 0.15) is 5.52 Å². The van der Waals surface area contributed by atoms with E-state index >= 15 is 0 Å². The second kappa shape index (κ2) is 2.20. The van der Waals surface area contributed by atoms with E-state index in [0.717, 1.165) is 10.1 Å². The molecule has 0 unspecified atom stereocenters. The summed E-state index contributed by atoms with van der Waals surface area (Å²) in [5.41, 5.74) is 0.655. The standard InChI is InChI=1S/C8H6N2O/c11-10-6-9-5-7-3-1-2-4-8(7)10/h1-6H. The molecule has 2 rings (SSSR count). The second-order valence-electron chi connectivity index (χ2n) is 2.28. The first-order chi connectivity index (χ1) is 5.38. The van der Waals surface area contributed by atoms with Crippen molar-refractivity contribution in [2.24, 2.45) is 0 Å². The van der Waals surface area contributed by atoms with Crippen LogP contribution in [-0.2, 0) is 0 Å². The van der Waals surface area contributed by atoms with Crippen LogP contribution in [0.5, 0.6) is 0 Å². The highest BCUT2D eigenvalue weighted by Crippen LogP contribution is 2.05. The number of fused-ring (bicyclic) bond motifs is 1. The summed E-state index contributed by atoms with van der Waals surface area (Å²) in [5.74, 6) is 0. The van der Waals surface area contributed by atoms with Gasteiger partial charge in [-0.2, -0.15) is 0 Å². The number of hydrogen-bond donors (Lipinski definition) is 0. The quantitative estimate of drug-likeness (QED) is 0.408. The molecule has 0 bridgehead atoms. The van der Waals surface area contributed by atoms with Crippen LogP contribution in [0.2, 0.25) is 0 Å². The Labute approximate surface area is 63.5 Å². The largest absolute Gasteiger partial charge is 0.710 e. The lowest BCUT2D eigenvalue weighted by Crippen LogP contribution is -2.26. The van der Waals surface area contributed by atoms with Crippen molar-refractivity contribution in [3.05, 3.63) is 42.0 Å². The topological polar surface area (TPSA) is 39.8 Å². The summed E-state index contributed by atoms with van der Waals surface area (Å²) >= 11 is 0. The predicted molar refractivity (Wildman–Crippen MR) is 40.7 cm³/mol. The zero-order valence-corrected chi connectivity index (χ0v) is 5.77. The van der Waals surface area contributed by atoms with Gasteiger partial charge in [0.15, 0.2) is 6.20 Å². The van der Waals surface area contributed by atoms with Crippen LogP contribution in [0.4, 0.5) is 0 Å². The van der Waals surface area contributed by atoms with Crippen molar-refractivity contribution in [3.8, 4) is 0 Å². The van der Waals surface area contributed by atoms with E-state index in [4.69, 9.17) is 0 Å². The van der Waals surface area contributed by atoms with Gasteiger partial charge < -0.3 is 5.21 Å². The molecule has 0 aliphatic heterocycles. The molecule has 0 atom stereocenters. The molecule has 0 spiro atoms. The lowest BCUT2D eigenvalue weighted by molar-refractivity contribution is -0.580. The van der Waals surface area contributed by atoms with E-state index in [1.54, 1.807) is 12.3 Å². The van der Waals surface area contributed by atoms with Crippen LogP contribution in [0.3, 0.4) is 0 Å². The van der Waals surface area contributed by atoms with Gasteiger partial charge >= 0.3 is 0 Å². The third-order valence-corrected chi connectivity index (χ3v) is 1.56. The van der Waals surface area contributed by atoms with Crippen LogP contribution in [0.15, 0.2) is 36.8 Å². The molecule has 0 aliphatic rings. The van der Waals surface area contributed by atoms with Crippen molar-refractivity contribution in [2.45, 2.75) is 0 Å². The number of hydrogen-bond acceptors (Lipinski definition) is 2. The maximum atomic E-state index is 11.0. The van der Waals surface area contributed by atoms with E-state index in [0.29, 0.717) is 5.52 Å². The SMILES string of the molecule is [O-][n+]1cncc2ccccc21. The van der Waals surface area contributed by atoms with Gasteiger partial charge in [-0.25, -0.2) is 4.73 Å². The van der Waals surface area contributed by atoms with Crippen LogP contribution < -0.4 is 4.73 Å². The molecule has 3 heteroatoms. The van der Waals surface area contributed by atoms with E-state index in [1.165, 1.54) is 6.33 Å². The van der Waals surface area contributed by atoms with Crippen molar-refractivity contribution < 1.29 is 4.73 Å². The van der Waals surface area contributed by atoms with Crippen molar-refractivity contribution in [1.29, 1.82) is 0 Å². The molecule has 0 saturated heterocycles. The number of rotatable bonds is 0. The van der Waals surface area contributed by atoms with E-state index < -0.39 is 0 Å². The number of para-hydroxylation sites is 1. The Bertz CT molecular complexity index is 381. The summed E-state index contributed by atoms with van der Waals surface area (Å²) in [6, 6.07) is 7.33. The van der Waals surface area contributed by atoms with Gasteiger partial charge in [0, 0.05) is 0 Å². The normalized spacial score (nSPS) is 10.2. The molecule has 0 radical (unpaired) electrons. The Hall–Kier alpha value is -1.64. The number of aromatic nitrogens is 2. The highest BCUT2D eigenvalue weighted by atomic mass is 16.5. The molecule has 0 saturated carbocycles. The van der Waals surface area contributed by atoms with Crippen LogP contribution >= 0.6 is 0 Å². The van der Waals surface area contributed by atoms with Crippen LogP contribution in [0.1, 0.15) is 0 Å². The smallest absolute Gasteiger partial charge is 0.289 e. The summed E-state index contributed by atoms with van der Waals surface area (Å²) in [4.78, 5) is 3.76. The predicted octanol–water partition coefficient (Wildman–Crippen LogP) is 0.868. The van der Waals surface area contributed by atoms with Gasteiger partial charge in [-0.3, -0.25) is 0 Å². The van der Waals surface area contributed by atoms with Crippen molar-refractivity contribution >= 4 is 10.9 Å². The first kappa shape index (κ1) is 6.09. The van der Waals surface area contributed by atoms with E-state index in [2.05, 4.69) is 4.98 Å². The molecule has 1 heterocycles. The summed E-state index contributed by atoms with van der Waals surface area (Å²) in [6.45, 7) is 0. The Balaban J connectivity index is 2.91. The number of nitrogens with zero attached hydrogens (tertiary/aromatic N) is 2. The van der Waals surface area contributed by atoms with Gasteiger partial charge in [-0.1, -0.05) is 17.1 Å². The summed E-state index contributed by atoms with van der Waals surface area (Å²) in [7, 11) is 0. The fourth-order valence-corrected chi connectivity index (χ4v) is 1.03. The molecule has 0 amide bonds. The lowest BCUT2D eigenvalue weighted by atomic mass is 10.2. The van der Waals surface area contributed by atoms with Crippen LogP contribution in [-0.4, -0.2) is 4.98 Å². The van der Waals surface area contributed by atoms with Crippen molar-refractivity contribution in [1.82, 2.24) is 4.98 Å². The molecule has 0 aliphatic carbocycles. The molecule has 1 aromatic heterocycles. The minimum Gasteiger partial charge on any atom is -0.710 e. The molecule has 0 fully saturated rings. The minimum absolute atomic E-state index is 0.655. The zero-order chi connectivity index (χ0) is 7.68. The van der Waals surface area contributed by atoms with E-state index in [9.17, 15) is 5.21 Å². The molecular weight excluding hydrogens is 140 g/mol. The fourth-order valence-electron chi connectivity index (χ4n) is 1.03. The second-order valence-corrected chi connectivity index (χ2v) is 2.28. The van der Waals surface area contributed by atoms with Gasteiger partial charge in [0.05, 0.1) is 5.39 Å². The monoisotopic (exact) mass is 146 g/mol. The van der Waals surface area contributed by atoms with Crippen LogP contribution in [0, 0.1) is 5.21 Å². The maximum absolute atomic E-state index is 11.0. The van der Waals surface area contributed by atoms with Crippen molar-refractivity contribution in [3.63, 3.8) is 0 Å². The molecule has 3 nitrogen and oxygen atoms in total. The Kier molecular flexibility index (Phi) is 1.22.